The number of carbonyl (C=O) groups excluding carboxylic acids is 2. The van der Waals surface area contributed by atoms with Crippen molar-refractivity contribution in [2.24, 2.45) is 0 Å². The number of rotatable bonds is 7. The molecule has 6 nitrogen and oxygen atoms in total. The monoisotopic (exact) mass is 471 g/mol. The van der Waals surface area contributed by atoms with Gasteiger partial charge in [-0.3, -0.25) is 4.79 Å². The second-order valence-corrected chi connectivity index (χ2v) is 8.43. The lowest BCUT2D eigenvalue weighted by molar-refractivity contribution is -0.134. The Morgan fingerprint density at radius 3 is 2.43 bits per heavy atom. The molecule has 0 radical (unpaired) electrons. The van der Waals surface area contributed by atoms with Crippen LogP contribution in [-0.2, 0) is 20.9 Å². The van der Waals surface area contributed by atoms with Gasteiger partial charge in [-0.1, -0.05) is 36.4 Å². The molecule has 0 bridgehead atoms. The minimum atomic E-state index is -0.442. The normalized spacial score (nSPS) is 14.1. The van der Waals surface area contributed by atoms with Crippen LogP contribution in [0.3, 0.4) is 0 Å². The summed E-state index contributed by atoms with van der Waals surface area (Å²) in [5.74, 6) is -1.17. The number of methoxy groups -OCH3 is 1. The van der Waals surface area contributed by atoms with Crippen molar-refractivity contribution in [3.63, 3.8) is 0 Å². The summed E-state index contributed by atoms with van der Waals surface area (Å²) in [5, 5.41) is 6.16. The van der Waals surface area contributed by atoms with Crippen molar-refractivity contribution in [3.05, 3.63) is 101 Å². The molecule has 0 aliphatic carbocycles. The van der Waals surface area contributed by atoms with Gasteiger partial charge >= 0.3 is 5.97 Å². The maximum absolute atomic E-state index is 13.8. The molecule has 3 aromatic rings. The molecular formula is C28H26FN3O3. The summed E-state index contributed by atoms with van der Waals surface area (Å²) in [7, 11) is 5.35. The van der Waals surface area contributed by atoms with E-state index in [4.69, 9.17) is 0 Å². The first kappa shape index (κ1) is 23.9. The highest BCUT2D eigenvalue weighted by Gasteiger charge is 2.28. The average molecular weight is 472 g/mol. The number of halogens is 1. The number of hydrogen-bond donors (Lipinski definition) is 2. The lowest BCUT2D eigenvalue weighted by atomic mass is 9.99. The van der Waals surface area contributed by atoms with Crippen molar-refractivity contribution < 1.29 is 18.7 Å². The molecule has 4 rings (SSSR count). The quantitative estimate of drug-likeness (QED) is 0.375. The van der Waals surface area contributed by atoms with Crippen LogP contribution in [0.15, 0.2) is 72.8 Å². The predicted octanol–water partition coefficient (Wildman–Crippen LogP) is 5.01. The van der Waals surface area contributed by atoms with Gasteiger partial charge in [-0.2, -0.15) is 0 Å². The Hall–Kier alpha value is -4.23. The van der Waals surface area contributed by atoms with Gasteiger partial charge in [0.05, 0.1) is 24.1 Å². The van der Waals surface area contributed by atoms with Gasteiger partial charge in [-0.25, -0.2) is 9.18 Å². The molecule has 0 unspecified atom stereocenters. The number of fused-ring (bicyclic) bond motifs is 1. The molecule has 0 atom stereocenters. The van der Waals surface area contributed by atoms with Crippen molar-refractivity contribution in [1.29, 1.82) is 0 Å². The van der Waals surface area contributed by atoms with E-state index in [2.05, 4.69) is 20.3 Å². The summed E-state index contributed by atoms with van der Waals surface area (Å²) in [6.07, 6.45) is 3.00. The topological polar surface area (TPSA) is 70.7 Å². The summed E-state index contributed by atoms with van der Waals surface area (Å²) < 4.78 is 18.4. The average Bonchev–Trinajstić information content (AvgIpc) is 3.16. The van der Waals surface area contributed by atoms with Crippen LogP contribution in [0.1, 0.15) is 22.3 Å². The van der Waals surface area contributed by atoms with E-state index in [0.717, 1.165) is 28.9 Å². The molecule has 0 aromatic heterocycles. The van der Waals surface area contributed by atoms with Crippen LogP contribution in [-0.4, -0.2) is 38.0 Å². The van der Waals surface area contributed by atoms with Crippen LogP contribution in [0.5, 0.6) is 0 Å². The third-order valence-electron chi connectivity index (χ3n) is 5.51. The first-order valence-electron chi connectivity index (χ1n) is 11.1. The predicted molar refractivity (Wildman–Crippen MR) is 137 cm³/mol. The van der Waals surface area contributed by atoms with Gasteiger partial charge < -0.3 is 20.3 Å². The fourth-order valence-corrected chi connectivity index (χ4v) is 3.87. The summed E-state index contributed by atoms with van der Waals surface area (Å²) in [4.78, 5) is 26.5. The van der Waals surface area contributed by atoms with E-state index in [1.807, 2.05) is 62.6 Å². The summed E-state index contributed by atoms with van der Waals surface area (Å²) in [5.41, 5.74) is 5.62. The number of ether oxygens (including phenoxy) is 1. The molecule has 7 heteroatoms. The zero-order valence-corrected chi connectivity index (χ0v) is 19.8. The van der Waals surface area contributed by atoms with Gasteiger partial charge in [0.2, 0.25) is 0 Å². The van der Waals surface area contributed by atoms with E-state index in [-0.39, 0.29) is 5.91 Å². The standard InChI is InChI=1S/C28H26FN3O3/c1-32(2)17-19-6-12-22(13-7-19)30-27(20-9-4-18(5-10-20)8-15-25(33)35-3)26-23-14-11-21(29)16-24(23)31-28(26)34/h4-16,30H,17H2,1-3H3,(H,31,34)/b15-8?,27-26-. The molecule has 2 N–H and O–H groups in total. The van der Waals surface area contributed by atoms with Gasteiger partial charge in [-0.15, -0.1) is 0 Å². The van der Waals surface area contributed by atoms with Crippen molar-refractivity contribution in [1.82, 2.24) is 4.90 Å². The van der Waals surface area contributed by atoms with E-state index < -0.39 is 11.8 Å². The van der Waals surface area contributed by atoms with Gasteiger partial charge in [0.25, 0.3) is 5.91 Å². The van der Waals surface area contributed by atoms with Gasteiger partial charge in [-0.05, 0) is 67.2 Å². The van der Waals surface area contributed by atoms with E-state index in [0.29, 0.717) is 22.5 Å². The van der Waals surface area contributed by atoms with E-state index in [1.54, 1.807) is 12.1 Å². The van der Waals surface area contributed by atoms with Crippen LogP contribution in [0.4, 0.5) is 15.8 Å². The summed E-state index contributed by atoms with van der Waals surface area (Å²) in [6, 6.07) is 19.7. The highest BCUT2D eigenvalue weighted by atomic mass is 19.1. The molecule has 0 fully saturated rings. The molecule has 0 saturated carbocycles. The Morgan fingerprint density at radius 2 is 1.77 bits per heavy atom. The van der Waals surface area contributed by atoms with E-state index in [9.17, 15) is 14.0 Å². The number of hydrogen-bond acceptors (Lipinski definition) is 5. The number of amides is 1. The molecular weight excluding hydrogens is 445 g/mol. The Balaban J connectivity index is 1.75. The SMILES string of the molecule is COC(=O)C=Cc1ccc(/C(Nc2ccc(CN(C)C)cc2)=C2/C(=O)Nc3cc(F)ccc32)cc1. The number of benzene rings is 3. The van der Waals surface area contributed by atoms with E-state index in [1.165, 1.54) is 25.3 Å². The van der Waals surface area contributed by atoms with Crippen LogP contribution in [0.25, 0.3) is 17.3 Å². The highest BCUT2D eigenvalue weighted by Crippen LogP contribution is 2.38. The molecule has 1 aliphatic heterocycles. The van der Waals surface area contributed by atoms with Gasteiger partial charge in [0.1, 0.15) is 5.82 Å². The van der Waals surface area contributed by atoms with Crippen LogP contribution >= 0.6 is 0 Å². The van der Waals surface area contributed by atoms with Crippen molar-refractivity contribution in [2.75, 3.05) is 31.8 Å². The zero-order chi connectivity index (χ0) is 24.9. The first-order valence-corrected chi connectivity index (χ1v) is 11.1. The zero-order valence-electron chi connectivity index (χ0n) is 19.8. The lowest BCUT2D eigenvalue weighted by Gasteiger charge is -2.16. The van der Waals surface area contributed by atoms with Crippen LogP contribution in [0, 0.1) is 5.82 Å². The molecule has 0 saturated heterocycles. The molecule has 1 amide bonds. The number of carbonyl (C=O) groups is 2. The number of nitrogens with one attached hydrogen (secondary N) is 2. The number of esters is 1. The summed E-state index contributed by atoms with van der Waals surface area (Å²) in [6.45, 7) is 0.816. The Bertz CT molecular complexity index is 1310. The van der Waals surface area contributed by atoms with Gasteiger partial charge in [0, 0.05) is 23.9 Å². The number of anilines is 2. The molecule has 178 valence electrons. The fourth-order valence-electron chi connectivity index (χ4n) is 3.87. The lowest BCUT2D eigenvalue weighted by Crippen LogP contribution is -2.11. The molecule has 1 aliphatic rings. The highest BCUT2D eigenvalue weighted by molar-refractivity contribution is 6.37. The van der Waals surface area contributed by atoms with Crippen LogP contribution < -0.4 is 10.6 Å². The third kappa shape index (κ3) is 5.65. The maximum Gasteiger partial charge on any atom is 0.330 e. The second-order valence-electron chi connectivity index (χ2n) is 8.43. The first-order chi connectivity index (χ1) is 16.8. The number of nitrogens with zero attached hydrogens (tertiary/aromatic N) is 1. The third-order valence-corrected chi connectivity index (χ3v) is 5.51. The Morgan fingerprint density at radius 1 is 1.06 bits per heavy atom. The smallest absolute Gasteiger partial charge is 0.330 e. The largest absolute Gasteiger partial charge is 0.466 e. The molecule has 35 heavy (non-hydrogen) atoms. The van der Waals surface area contributed by atoms with Gasteiger partial charge in [0.15, 0.2) is 0 Å². The molecule has 1 heterocycles. The van der Waals surface area contributed by atoms with Crippen LogP contribution in [0.2, 0.25) is 0 Å². The summed E-state index contributed by atoms with van der Waals surface area (Å²) >= 11 is 0. The van der Waals surface area contributed by atoms with Crippen molar-refractivity contribution in [2.45, 2.75) is 6.54 Å². The molecule has 3 aromatic carbocycles. The minimum Gasteiger partial charge on any atom is -0.466 e. The maximum atomic E-state index is 13.8. The Kier molecular flexibility index (Phi) is 7.08. The fraction of sp³-hybridized carbons (Fsp3) is 0.143. The van der Waals surface area contributed by atoms with E-state index >= 15 is 0 Å². The second kappa shape index (κ2) is 10.4. The minimum absolute atomic E-state index is 0.313. The van der Waals surface area contributed by atoms with Crippen molar-refractivity contribution >= 4 is 40.6 Å². The molecule has 0 spiro atoms. The van der Waals surface area contributed by atoms with Crippen molar-refractivity contribution in [3.8, 4) is 0 Å². The Labute approximate surface area is 203 Å².